The van der Waals surface area contributed by atoms with E-state index in [9.17, 15) is 36.0 Å². The summed E-state index contributed by atoms with van der Waals surface area (Å²) < 4.78 is 74.6. The summed E-state index contributed by atoms with van der Waals surface area (Å²) in [4.78, 5) is 65.1. The van der Waals surface area contributed by atoms with E-state index in [2.05, 4.69) is 62.2 Å². The number of cyclic esters (lactones) is 1. The summed E-state index contributed by atoms with van der Waals surface area (Å²) in [6.45, 7) is 24.9. The largest absolute Gasteiger partial charge is 0.493 e. The molecule has 0 radical (unpaired) electrons. The topological polar surface area (TPSA) is 226 Å². The standard InChI is InChI=1S/C32H34N4O7S.C27H28BrN3O4S.C6H15N/c1-20-15-16-25(22(3)19-20)42-18-10-17-35-28(33-24-13-8-9-14-26(24)44(35,40)41)27(36-30(38)32(4,5)43-31(36)39)29(37)34-23-12-7-6-11-21(23)2;1-18-13-14-23(20(3)17-18)35-16-8-15-31-26(29-22-11-6-7-12-24(22)36(31,33)34)25(28)27(32)30-21-10-5-4-9-19(21)2;1-4-7(5-2)6-3/h6-9,11-16,19,27H,10,17-18H2,1-5H3,(H,34,37);4-7,9-14,17,25H,8,15-16H2,1-3H3,(H,30,32);4-6H2,1-3H3. The first-order valence-electron chi connectivity index (χ1n) is 28.8. The Kier molecular flexibility index (Phi) is 22.3. The first-order chi connectivity index (χ1) is 41.3. The number of halogens is 1. The van der Waals surface area contributed by atoms with Crippen LogP contribution in [0.15, 0.2) is 153 Å². The Morgan fingerprint density at radius 3 is 1.41 bits per heavy atom. The van der Waals surface area contributed by atoms with Crippen molar-refractivity contribution in [2.24, 2.45) is 9.98 Å². The Hall–Kier alpha value is -7.92. The number of amidine groups is 2. The molecule has 0 aliphatic carbocycles. The van der Waals surface area contributed by atoms with Gasteiger partial charge in [0.15, 0.2) is 22.3 Å². The van der Waals surface area contributed by atoms with E-state index in [0.717, 1.165) is 43.4 Å². The van der Waals surface area contributed by atoms with Gasteiger partial charge in [-0.1, -0.05) is 133 Å². The number of sulfonamides is 2. The van der Waals surface area contributed by atoms with Gasteiger partial charge in [0, 0.05) is 37.3 Å². The molecule has 3 aliphatic heterocycles. The average Bonchev–Trinajstić information content (AvgIpc) is 1.71. The van der Waals surface area contributed by atoms with E-state index in [1.807, 2.05) is 89.2 Å². The predicted octanol–water partition coefficient (Wildman–Crippen LogP) is 11.7. The third kappa shape index (κ3) is 15.8. The highest BCUT2D eigenvalue weighted by Gasteiger charge is 2.55. The van der Waals surface area contributed by atoms with Crippen LogP contribution in [0, 0.1) is 41.5 Å². The van der Waals surface area contributed by atoms with Gasteiger partial charge in [-0.3, -0.25) is 23.0 Å². The normalized spacial score (nSPS) is 15.9. The van der Waals surface area contributed by atoms with Crippen LogP contribution in [0.25, 0.3) is 0 Å². The van der Waals surface area contributed by atoms with Gasteiger partial charge in [0.1, 0.15) is 27.1 Å². The number of nitrogens with one attached hydrogen (secondary N) is 2. The second kappa shape index (κ2) is 29.2. The van der Waals surface area contributed by atoms with Crippen LogP contribution in [0.4, 0.5) is 27.5 Å². The Labute approximate surface area is 520 Å². The third-order valence-corrected chi connectivity index (χ3v) is 19.2. The van der Waals surface area contributed by atoms with Gasteiger partial charge < -0.3 is 29.7 Å². The van der Waals surface area contributed by atoms with Crippen molar-refractivity contribution in [1.82, 2.24) is 18.4 Å². The highest BCUT2D eigenvalue weighted by molar-refractivity contribution is 9.10. The number of para-hydroxylation sites is 4. The van der Waals surface area contributed by atoms with Crippen molar-refractivity contribution in [3.05, 3.63) is 167 Å². The zero-order valence-electron chi connectivity index (χ0n) is 51.1. The smallest absolute Gasteiger partial charge is 0.418 e. The zero-order valence-corrected chi connectivity index (χ0v) is 54.3. The first kappa shape index (κ1) is 66.6. The SMILES string of the molecule is CCN(CC)CC.Cc1ccc(OCCCN2C(C(Br)C(=O)Nc3ccccc3C)=Nc3ccccc3S2(=O)=O)c(C)c1.Cc1ccc(OCCCN2C(C(C(=O)Nc3ccccc3C)N3C(=O)OC(C)(C)C3=O)=Nc3ccccc3S2(=O)=O)c(C)c1. The van der Waals surface area contributed by atoms with Crippen molar-refractivity contribution in [3.8, 4) is 11.5 Å². The summed E-state index contributed by atoms with van der Waals surface area (Å²) in [7, 11) is -8.18. The van der Waals surface area contributed by atoms with Gasteiger partial charge in [-0.15, -0.1) is 0 Å². The van der Waals surface area contributed by atoms with E-state index in [4.69, 9.17) is 14.2 Å². The number of carbonyl (C=O) groups excluding carboxylic acids is 4. The first-order valence-corrected chi connectivity index (χ1v) is 32.6. The zero-order chi connectivity index (χ0) is 63.4. The minimum atomic E-state index is -4.27. The monoisotopic (exact) mass is 1290 g/mol. The molecule has 0 aromatic heterocycles. The summed E-state index contributed by atoms with van der Waals surface area (Å²) >= 11 is 3.41. The van der Waals surface area contributed by atoms with Crippen LogP contribution in [0.5, 0.6) is 11.5 Å². The molecule has 1 saturated heterocycles. The van der Waals surface area contributed by atoms with E-state index in [1.54, 1.807) is 67.6 Å². The van der Waals surface area contributed by atoms with Crippen LogP contribution in [0.1, 0.15) is 80.8 Å². The van der Waals surface area contributed by atoms with Crippen LogP contribution in [-0.4, -0.2) is 133 Å². The maximum absolute atomic E-state index is 14.1. The number of carbonyl (C=O) groups is 4. The van der Waals surface area contributed by atoms with Crippen LogP contribution in [-0.2, 0) is 39.2 Å². The Morgan fingerprint density at radius 2 is 1.00 bits per heavy atom. The van der Waals surface area contributed by atoms with Crippen molar-refractivity contribution in [3.63, 3.8) is 0 Å². The molecular formula is C65H77BrN8O11S2. The highest BCUT2D eigenvalue weighted by atomic mass is 79.9. The summed E-state index contributed by atoms with van der Waals surface area (Å²) in [6.07, 6.45) is -0.460. The molecule has 9 rings (SSSR count). The number of rotatable bonds is 20. The molecule has 0 bridgehead atoms. The van der Waals surface area contributed by atoms with Gasteiger partial charge in [0.25, 0.3) is 31.9 Å². The number of fused-ring (bicyclic) bond motifs is 2. The van der Waals surface area contributed by atoms with E-state index in [0.29, 0.717) is 40.7 Å². The predicted molar refractivity (Wildman–Crippen MR) is 344 cm³/mol. The number of hydrogen-bond donors (Lipinski definition) is 2. The molecule has 87 heavy (non-hydrogen) atoms. The maximum atomic E-state index is 14.1. The van der Waals surface area contributed by atoms with Crippen molar-refractivity contribution in [2.75, 3.05) is 56.6 Å². The van der Waals surface area contributed by atoms with E-state index >= 15 is 0 Å². The minimum Gasteiger partial charge on any atom is -0.493 e. The Bertz CT molecular complexity index is 3790. The number of benzene rings is 6. The molecule has 6 aromatic rings. The number of nitrogens with zero attached hydrogens (tertiary/aromatic N) is 6. The van der Waals surface area contributed by atoms with E-state index in [1.165, 1.54) is 56.0 Å². The quantitative estimate of drug-likeness (QED) is 0.0538. The Balaban J connectivity index is 0.000000227. The van der Waals surface area contributed by atoms with Crippen molar-refractivity contribution < 1.29 is 50.2 Å². The van der Waals surface area contributed by atoms with Crippen molar-refractivity contribution in [1.29, 1.82) is 0 Å². The second-order valence-electron chi connectivity index (χ2n) is 21.5. The van der Waals surface area contributed by atoms with Crippen molar-refractivity contribution in [2.45, 2.75) is 115 Å². The van der Waals surface area contributed by atoms with Gasteiger partial charge in [0.05, 0.1) is 24.6 Å². The Morgan fingerprint density at radius 1 is 0.586 bits per heavy atom. The lowest BCUT2D eigenvalue weighted by Crippen LogP contribution is -2.59. The average molecular weight is 1290 g/mol. The number of alkyl halides is 1. The number of ether oxygens (including phenoxy) is 3. The molecule has 0 spiro atoms. The van der Waals surface area contributed by atoms with Gasteiger partial charge in [0.2, 0.25) is 5.91 Å². The molecule has 22 heteroatoms. The fourth-order valence-corrected chi connectivity index (χ4v) is 13.6. The van der Waals surface area contributed by atoms with Crippen molar-refractivity contribution >= 4 is 94.2 Å². The maximum Gasteiger partial charge on any atom is 0.418 e. The van der Waals surface area contributed by atoms with E-state index in [-0.39, 0.29) is 53.3 Å². The third-order valence-electron chi connectivity index (χ3n) is 14.7. The van der Waals surface area contributed by atoms with Crippen LogP contribution in [0.3, 0.4) is 0 Å². The lowest BCUT2D eigenvalue weighted by atomic mass is 10.1. The summed E-state index contributed by atoms with van der Waals surface area (Å²) in [5.41, 5.74) is 5.70. The molecule has 462 valence electrons. The molecule has 2 N–H and O–H groups in total. The summed E-state index contributed by atoms with van der Waals surface area (Å²) in [5, 5.41) is 5.62. The molecule has 2 atom stereocenters. The minimum absolute atomic E-state index is 0.0623. The molecule has 4 amide bonds. The van der Waals surface area contributed by atoms with Crippen LogP contribution in [0.2, 0.25) is 0 Å². The summed E-state index contributed by atoms with van der Waals surface area (Å²) in [6, 6.07) is 36.9. The molecule has 2 unspecified atom stereocenters. The van der Waals surface area contributed by atoms with Gasteiger partial charge in [-0.25, -0.2) is 36.5 Å². The number of anilines is 2. The van der Waals surface area contributed by atoms with E-state index < -0.39 is 60.3 Å². The number of amides is 4. The number of aryl methyl sites for hydroxylation is 6. The summed E-state index contributed by atoms with van der Waals surface area (Å²) in [5.74, 6) is -0.793. The van der Waals surface area contributed by atoms with Crippen LogP contribution < -0.4 is 20.1 Å². The molecule has 3 aliphatic rings. The van der Waals surface area contributed by atoms with Gasteiger partial charge in [-0.2, -0.15) is 0 Å². The fourth-order valence-electron chi connectivity index (χ4n) is 9.80. The lowest BCUT2D eigenvalue weighted by molar-refractivity contribution is -0.137. The van der Waals surface area contributed by atoms with Gasteiger partial charge in [-0.05, 0) is 146 Å². The van der Waals surface area contributed by atoms with Crippen LogP contribution >= 0.6 is 15.9 Å². The number of hydrogen-bond acceptors (Lipinski definition) is 14. The molecule has 0 saturated carbocycles. The molecule has 3 heterocycles. The molecule has 19 nitrogen and oxygen atoms in total. The fraction of sp³-hybridized carbons (Fsp3) is 0.354. The molecule has 6 aromatic carbocycles. The lowest BCUT2D eigenvalue weighted by Gasteiger charge is -2.35. The second-order valence-corrected chi connectivity index (χ2v) is 26.1. The number of imide groups is 1. The number of aliphatic imine (C=N–C) groups is 2. The molecule has 1 fully saturated rings. The molecular weight excluding hydrogens is 1210 g/mol. The van der Waals surface area contributed by atoms with Gasteiger partial charge >= 0.3 is 6.09 Å². The highest BCUT2D eigenvalue weighted by Crippen LogP contribution is 2.38.